The summed E-state index contributed by atoms with van der Waals surface area (Å²) in [6, 6.07) is 8.14. The fourth-order valence-corrected chi connectivity index (χ4v) is 2.45. The number of aliphatic hydroxyl groups is 1. The van der Waals surface area contributed by atoms with Crippen molar-refractivity contribution in [3.05, 3.63) is 76.8 Å². The molecule has 1 aromatic heterocycles. The lowest BCUT2D eigenvalue weighted by atomic mass is 10.1. The molecule has 0 saturated heterocycles. The maximum absolute atomic E-state index is 11.6. The minimum Gasteiger partial charge on any atom is -0.390 e. The topological polar surface area (TPSA) is 67.5 Å². The lowest BCUT2D eigenvalue weighted by Gasteiger charge is -2.05. The first-order valence-electron chi connectivity index (χ1n) is 8.53. The molecule has 1 heterocycles. The number of carbonyl (C=O) groups excluding carboxylic acids is 1. The molecule has 0 aliphatic carbocycles. The van der Waals surface area contributed by atoms with Gasteiger partial charge in [0.2, 0.25) is 0 Å². The summed E-state index contributed by atoms with van der Waals surface area (Å²) in [4.78, 5) is 15.9. The van der Waals surface area contributed by atoms with Gasteiger partial charge in [-0.2, -0.15) is 5.10 Å². The van der Waals surface area contributed by atoms with E-state index in [1.165, 1.54) is 6.92 Å². The third-order valence-electron chi connectivity index (χ3n) is 4.05. The van der Waals surface area contributed by atoms with E-state index in [9.17, 15) is 9.90 Å². The highest BCUT2D eigenvalue weighted by atomic mass is 16.3. The number of Topliss-reactive ketones (excluding diaryl/α,β-unsaturated/α-hetero) is 1. The van der Waals surface area contributed by atoms with Crippen molar-refractivity contribution in [1.29, 1.82) is 0 Å². The number of carbonyl (C=O) groups is 1. The molecule has 136 valence electrons. The van der Waals surface area contributed by atoms with Crippen LogP contribution in [0.2, 0.25) is 0 Å². The van der Waals surface area contributed by atoms with E-state index >= 15 is 0 Å². The van der Waals surface area contributed by atoms with Crippen LogP contribution < -0.4 is 0 Å². The van der Waals surface area contributed by atoms with Gasteiger partial charge < -0.3 is 5.11 Å². The lowest BCUT2D eigenvalue weighted by molar-refractivity contribution is 0.101. The van der Waals surface area contributed by atoms with E-state index in [0.29, 0.717) is 24.2 Å². The lowest BCUT2D eigenvalue weighted by Crippen LogP contribution is -2.01. The number of aliphatic imine (C=N–C) groups is 1. The first-order valence-corrected chi connectivity index (χ1v) is 8.53. The molecule has 5 nitrogen and oxygen atoms in total. The largest absolute Gasteiger partial charge is 0.390 e. The molecular weight excluding hydrogens is 326 g/mol. The van der Waals surface area contributed by atoms with Gasteiger partial charge in [0.25, 0.3) is 0 Å². The van der Waals surface area contributed by atoms with Crippen LogP contribution in [-0.4, -0.2) is 26.9 Å². The van der Waals surface area contributed by atoms with Crippen molar-refractivity contribution in [2.75, 3.05) is 0 Å². The second-order valence-corrected chi connectivity index (χ2v) is 6.25. The minimum atomic E-state index is -0.240. The number of hydrogen-bond acceptors (Lipinski definition) is 4. The molecule has 0 unspecified atom stereocenters. The third kappa shape index (κ3) is 5.36. The van der Waals surface area contributed by atoms with Crippen molar-refractivity contribution in [3.8, 4) is 0 Å². The maximum atomic E-state index is 11.6. The fraction of sp³-hybridized carbons (Fsp3) is 0.286. The summed E-state index contributed by atoms with van der Waals surface area (Å²) in [7, 11) is 0. The number of aliphatic hydroxyl groups excluding tert-OH is 1. The van der Waals surface area contributed by atoms with Gasteiger partial charge in [0.15, 0.2) is 5.78 Å². The molecule has 2 aromatic rings. The molecule has 26 heavy (non-hydrogen) atoms. The van der Waals surface area contributed by atoms with Crippen molar-refractivity contribution in [1.82, 2.24) is 9.78 Å². The average molecular weight is 351 g/mol. The second-order valence-electron chi connectivity index (χ2n) is 6.25. The Labute approximate surface area is 154 Å². The van der Waals surface area contributed by atoms with Gasteiger partial charge in [-0.15, -0.1) is 0 Å². The molecule has 0 radical (unpaired) electrons. The molecule has 1 aromatic carbocycles. The van der Waals surface area contributed by atoms with Crippen molar-refractivity contribution in [3.63, 3.8) is 0 Å². The minimum absolute atomic E-state index is 0.0946. The molecule has 0 fully saturated rings. The van der Waals surface area contributed by atoms with Gasteiger partial charge in [-0.3, -0.25) is 14.5 Å². The van der Waals surface area contributed by atoms with E-state index in [-0.39, 0.29) is 12.4 Å². The van der Waals surface area contributed by atoms with Crippen LogP contribution in [0.3, 0.4) is 0 Å². The van der Waals surface area contributed by atoms with Crippen LogP contribution in [0.1, 0.15) is 48.0 Å². The Kier molecular flexibility index (Phi) is 6.81. The van der Waals surface area contributed by atoms with E-state index in [2.05, 4.69) is 16.7 Å². The molecule has 0 bridgehead atoms. The summed E-state index contributed by atoms with van der Waals surface area (Å²) in [5.74, 6) is -0.0946. The van der Waals surface area contributed by atoms with E-state index in [0.717, 1.165) is 22.4 Å². The Morgan fingerprint density at radius 1 is 1.27 bits per heavy atom. The first-order chi connectivity index (χ1) is 12.4. The van der Waals surface area contributed by atoms with E-state index < -0.39 is 0 Å². The number of hydrogen-bond donors (Lipinski definition) is 1. The van der Waals surface area contributed by atoms with Crippen LogP contribution >= 0.6 is 0 Å². The predicted octanol–water partition coefficient (Wildman–Crippen LogP) is 3.72. The number of nitrogens with zero attached hydrogens (tertiary/aromatic N) is 3. The zero-order chi connectivity index (χ0) is 19.1. The molecule has 0 aliphatic heterocycles. The van der Waals surface area contributed by atoms with Crippen LogP contribution in [0.25, 0.3) is 0 Å². The molecule has 0 spiro atoms. The number of allylic oxidation sites excluding steroid dienone is 3. The quantitative estimate of drug-likeness (QED) is 0.582. The number of aromatic nitrogens is 2. The Bertz CT molecular complexity index is 843. The van der Waals surface area contributed by atoms with Crippen LogP contribution in [0.4, 0.5) is 0 Å². The van der Waals surface area contributed by atoms with Crippen LogP contribution in [-0.2, 0) is 19.6 Å². The van der Waals surface area contributed by atoms with Crippen molar-refractivity contribution in [2.24, 2.45) is 4.99 Å². The van der Waals surface area contributed by atoms with Crippen LogP contribution in [0.5, 0.6) is 0 Å². The van der Waals surface area contributed by atoms with Gasteiger partial charge in [0, 0.05) is 24.5 Å². The number of ketones is 1. The molecule has 2 rings (SSSR count). The normalized spacial score (nSPS) is 11.9. The van der Waals surface area contributed by atoms with Gasteiger partial charge in [-0.1, -0.05) is 36.9 Å². The standard InChI is InChI=1S/C21H25N3O2/c1-5-15(2)11-22-16(3)10-18-6-8-19(9-7-18)12-24-13-20(17(4)26)21(14-25)23-24/h5-9,11,13,25H,3,10,12,14H2,1-2,4H3/b15-5-,22-11?. The third-order valence-corrected chi connectivity index (χ3v) is 4.05. The van der Waals surface area contributed by atoms with Crippen LogP contribution in [0.15, 0.2) is 59.4 Å². The molecule has 0 aliphatic rings. The molecule has 0 atom stereocenters. The van der Waals surface area contributed by atoms with Gasteiger partial charge in [-0.25, -0.2) is 0 Å². The van der Waals surface area contributed by atoms with Gasteiger partial charge in [0.1, 0.15) is 0 Å². The summed E-state index contributed by atoms with van der Waals surface area (Å²) in [5.41, 5.74) is 5.00. The van der Waals surface area contributed by atoms with E-state index in [1.807, 2.05) is 50.4 Å². The van der Waals surface area contributed by atoms with Gasteiger partial charge in [0.05, 0.1) is 24.4 Å². The SMILES string of the molecule is C=C(Cc1ccc(Cn2cc(C(C)=O)c(CO)n2)cc1)N=C/C(C)=C\C. The Morgan fingerprint density at radius 2 is 1.92 bits per heavy atom. The van der Waals surface area contributed by atoms with Crippen molar-refractivity contribution < 1.29 is 9.90 Å². The van der Waals surface area contributed by atoms with E-state index in [1.54, 1.807) is 10.9 Å². The molecule has 5 heteroatoms. The zero-order valence-electron chi connectivity index (χ0n) is 15.6. The Hall–Kier alpha value is -2.79. The molecule has 1 N–H and O–H groups in total. The van der Waals surface area contributed by atoms with Gasteiger partial charge >= 0.3 is 0 Å². The number of rotatable bonds is 8. The Morgan fingerprint density at radius 3 is 2.46 bits per heavy atom. The summed E-state index contributed by atoms with van der Waals surface area (Å²) >= 11 is 0. The van der Waals surface area contributed by atoms with Gasteiger partial charge in [-0.05, 0) is 37.5 Å². The summed E-state index contributed by atoms with van der Waals surface area (Å²) < 4.78 is 1.68. The zero-order valence-corrected chi connectivity index (χ0v) is 15.6. The van der Waals surface area contributed by atoms with Crippen molar-refractivity contribution in [2.45, 2.75) is 40.3 Å². The van der Waals surface area contributed by atoms with Crippen molar-refractivity contribution >= 4 is 12.0 Å². The maximum Gasteiger partial charge on any atom is 0.163 e. The van der Waals surface area contributed by atoms with Crippen LogP contribution in [0, 0.1) is 0 Å². The van der Waals surface area contributed by atoms with E-state index in [4.69, 9.17) is 0 Å². The summed E-state index contributed by atoms with van der Waals surface area (Å²) in [6.07, 6.45) is 6.20. The number of benzene rings is 1. The average Bonchev–Trinajstić information content (AvgIpc) is 3.04. The first kappa shape index (κ1) is 19.5. The smallest absolute Gasteiger partial charge is 0.163 e. The second kappa shape index (κ2) is 9.06. The molecular formula is C21H25N3O2. The Balaban J connectivity index is 2.02. The monoisotopic (exact) mass is 351 g/mol. The highest BCUT2D eigenvalue weighted by molar-refractivity contribution is 5.94. The summed E-state index contributed by atoms with van der Waals surface area (Å²) in [6.45, 7) is 9.74. The summed E-state index contributed by atoms with van der Waals surface area (Å²) in [5, 5.41) is 13.6. The highest BCUT2D eigenvalue weighted by Gasteiger charge is 2.12. The molecule has 0 saturated carbocycles. The highest BCUT2D eigenvalue weighted by Crippen LogP contribution is 2.13. The fourth-order valence-electron chi connectivity index (χ4n) is 2.45. The predicted molar refractivity (Wildman–Crippen MR) is 104 cm³/mol. The molecule has 0 amide bonds.